The highest BCUT2D eigenvalue weighted by molar-refractivity contribution is 9.10. The second kappa shape index (κ2) is 8.54. The average molecular weight is 314 g/mol. The van der Waals surface area contributed by atoms with Gasteiger partial charge in [-0.15, -0.1) is 0 Å². The lowest BCUT2D eigenvalue weighted by atomic mass is 10.0. The first kappa shape index (κ1) is 15.5. The SMILES string of the molecule is CCCNC(CC)CCc1ccc(OC)c(Br)c1. The summed E-state index contributed by atoms with van der Waals surface area (Å²) in [6, 6.07) is 6.97. The van der Waals surface area contributed by atoms with Crippen LogP contribution in [0.4, 0.5) is 0 Å². The molecule has 1 rings (SSSR count). The fourth-order valence-corrected chi connectivity index (χ4v) is 2.59. The number of methoxy groups -OCH3 is 1. The maximum absolute atomic E-state index is 5.24. The Kier molecular flexibility index (Phi) is 7.36. The van der Waals surface area contributed by atoms with E-state index in [2.05, 4.69) is 47.2 Å². The molecule has 1 N–H and O–H groups in total. The van der Waals surface area contributed by atoms with Crippen molar-refractivity contribution < 1.29 is 4.74 Å². The average Bonchev–Trinajstić information content (AvgIpc) is 2.39. The second-order valence-corrected chi connectivity index (χ2v) is 5.42. The Morgan fingerprint density at radius 2 is 2.11 bits per heavy atom. The van der Waals surface area contributed by atoms with Crippen LogP contribution in [0.2, 0.25) is 0 Å². The molecule has 3 heteroatoms. The van der Waals surface area contributed by atoms with E-state index in [1.807, 2.05) is 6.07 Å². The van der Waals surface area contributed by atoms with E-state index in [1.165, 1.54) is 24.8 Å². The molecule has 18 heavy (non-hydrogen) atoms. The van der Waals surface area contributed by atoms with Gasteiger partial charge in [-0.3, -0.25) is 0 Å². The molecule has 0 aliphatic rings. The number of hydrogen-bond donors (Lipinski definition) is 1. The molecular weight excluding hydrogens is 290 g/mol. The maximum atomic E-state index is 5.24. The highest BCUT2D eigenvalue weighted by atomic mass is 79.9. The van der Waals surface area contributed by atoms with Gasteiger partial charge in [-0.1, -0.05) is 19.9 Å². The number of ether oxygens (including phenoxy) is 1. The summed E-state index contributed by atoms with van der Waals surface area (Å²) in [7, 11) is 1.70. The van der Waals surface area contributed by atoms with E-state index in [-0.39, 0.29) is 0 Å². The third-order valence-corrected chi connectivity index (χ3v) is 3.79. The molecule has 0 bridgehead atoms. The number of aryl methyl sites for hydroxylation is 1. The number of hydrogen-bond acceptors (Lipinski definition) is 2. The molecule has 0 aliphatic heterocycles. The molecule has 102 valence electrons. The number of nitrogens with one attached hydrogen (secondary N) is 1. The van der Waals surface area contributed by atoms with E-state index in [0.29, 0.717) is 6.04 Å². The third kappa shape index (κ3) is 4.99. The Morgan fingerprint density at radius 3 is 2.67 bits per heavy atom. The quantitative estimate of drug-likeness (QED) is 0.777. The normalized spacial score (nSPS) is 12.4. The Labute approximate surface area is 119 Å². The van der Waals surface area contributed by atoms with Crippen molar-refractivity contribution in [3.8, 4) is 5.75 Å². The standard InChI is InChI=1S/C15H24BrNO/c1-4-10-17-13(5-2)8-6-12-7-9-15(18-3)14(16)11-12/h7,9,11,13,17H,4-6,8,10H2,1-3H3. The molecule has 0 fully saturated rings. The summed E-state index contributed by atoms with van der Waals surface area (Å²) < 4.78 is 6.28. The molecule has 1 atom stereocenters. The highest BCUT2D eigenvalue weighted by Gasteiger charge is 2.06. The van der Waals surface area contributed by atoms with Crippen LogP contribution in [0.15, 0.2) is 22.7 Å². The summed E-state index contributed by atoms with van der Waals surface area (Å²) in [6.45, 7) is 5.57. The van der Waals surface area contributed by atoms with Crippen LogP contribution in [0.3, 0.4) is 0 Å². The van der Waals surface area contributed by atoms with E-state index < -0.39 is 0 Å². The van der Waals surface area contributed by atoms with Crippen LogP contribution in [0, 0.1) is 0 Å². The van der Waals surface area contributed by atoms with Gasteiger partial charge in [0.25, 0.3) is 0 Å². The first-order chi connectivity index (χ1) is 8.71. The Hall–Kier alpha value is -0.540. The van der Waals surface area contributed by atoms with Gasteiger partial charge in [-0.05, 0) is 65.9 Å². The van der Waals surface area contributed by atoms with E-state index in [0.717, 1.165) is 23.2 Å². The molecule has 0 radical (unpaired) electrons. The molecule has 0 amide bonds. The summed E-state index contributed by atoms with van der Waals surface area (Å²) >= 11 is 3.53. The zero-order valence-corrected chi connectivity index (χ0v) is 13.2. The summed E-state index contributed by atoms with van der Waals surface area (Å²) in [5.74, 6) is 0.898. The summed E-state index contributed by atoms with van der Waals surface area (Å²) in [5, 5.41) is 3.59. The monoisotopic (exact) mass is 313 g/mol. The predicted molar refractivity (Wildman–Crippen MR) is 81.4 cm³/mol. The lowest BCUT2D eigenvalue weighted by Gasteiger charge is -2.16. The van der Waals surface area contributed by atoms with Gasteiger partial charge in [-0.25, -0.2) is 0 Å². The van der Waals surface area contributed by atoms with E-state index >= 15 is 0 Å². The minimum absolute atomic E-state index is 0.630. The number of benzene rings is 1. The first-order valence-corrected chi connectivity index (χ1v) is 7.56. The smallest absolute Gasteiger partial charge is 0.133 e. The Balaban J connectivity index is 2.49. The number of halogens is 1. The van der Waals surface area contributed by atoms with Crippen LogP contribution in [-0.4, -0.2) is 19.7 Å². The molecular formula is C15H24BrNO. The van der Waals surface area contributed by atoms with Crippen molar-refractivity contribution >= 4 is 15.9 Å². The summed E-state index contributed by atoms with van der Waals surface area (Å²) in [5.41, 5.74) is 1.36. The minimum atomic E-state index is 0.630. The highest BCUT2D eigenvalue weighted by Crippen LogP contribution is 2.26. The fraction of sp³-hybridized carbons (Fsp3) is 0.600. The van der Waals surface area contributed by atoms with Gasteiger partial charge in [-0.2, -0.15) is 0 Å². The zero-order valence-electron chi connectivity index (χ0n) is 11.6. The van der Waals surface area contributed by atoms with Crippen molar-refractivity contribution in [2.45, 2.75) is 45.6 Å². The van der Waals surface area contributed by atoms with Crippen molar-refractivity contribution in [3.63, 3.8) is 0 Å². The molecule has 0 saturated heterocycles. The van der Waals surface area contributed by atoms with Crippen molar-refractivity contribution in [1.82, 2.24) is 5.32 Å². The molecule has 0 saturated carbocycles. The van der Waals surface area contributed by atoms with Crippen LogP contribution in [-0.2, 0) is 6.42 Å². The molecule has 0 aliphatic carbocycles. The van der Waals surface area contributed by atoms with Crippen LogP contribution < -0.4 is 10.1 Å². The molecule has 0 spiro atoms. The van der Waals surface area contributed by atoms with Gasteiger partial charge >= 0.3 is 0 Å². The number of rotatable bonds is 8. The third-order valence-electron chi connectivity index (χ3n) is 3.17. The van der Waals surface area contributed by atoms with Crippen molar-refractivity contribution in [2.24, 2.45) is 0 Å². The molecule has 2 nitrogen and oxygen atoms in total. The van der Waals surface area contributed by atoms with E-state index in [1.54, 1.807) is 7.11 Å². The van der Waals surface area contributed by atoms with Crippen LogP contribution in [0.5, 0.6) is 5.75 Å². The summed E-state index contributed by atoms with van der Waals surface area (Å²) in [4.78, 5) is 0. The molecule has 0 heterocycles. The van der Waals surface area contributed by atoms with Crippen molar-refractivity contribution in [1.29, 1.82) is 0 Å². The molecule has 1 unspecified atom stereocenters. The van der Waals surface area contributed by atoms with Crippen molar-refractivity contribution in [3.05, 3.63) is 28.2 Å². The topological polar surface area (TPSA) is 21.3 Å². The van der Waals surface area contributed by atoms with Crippen LogP contribution in [0.1, 0.15) is 38.7 Å². The summed E-state index contributed by atoms with van der Waals surface area (Å²) in [6.07, 6.45) is 4.69. The largest absolute Gasteiger partial charge is 0.496 e. The fourth-order valence-electron chi connectivity index (χ4n) is 2.01. The molecule has 0 aromatic heterocycles. The maximum Gasteiger partial charge on any atom is 0.133 e. The Bertz CT molecular complexity index is 354. The van der Waals surface area contributed by atoms with Gasteiger partial charge in [0.05, 0.1) is 11.6 Å². The lowest BCUT2D eigenvalue weighted by Crippen LogP contribution is -2.29. The van der Waals surface area contributed by atoms with E-state index in [4.69, 9.17) is 4.74 Å². The van der Waals surface area contributed by atoms with Gasteiger partial charge < -0.3 is 10.1 Å². The van der Waals surface area contributed by atoms with Gasteiger partial charge in [0.1, 0.15) is 5.75 Å². The van der Waals surface area contributed by atoms with Crippen LogP contribution in [0.25, 0.3) is 0 Å². The molecule has 1 aromatic carbocycles. The molecule has 1 aromatic rings. The lowest BCUT2D eigenvalue weighted by molar-refractivity contribution is 0.412. The van der Waals surface area contributed by atoms with Crippen LogP contribution >= 0.6 is 15.9 Å². The van der Waals surface area contributed by atoms with Gasteiger partial charge in [0.15, 0.2) is 0 Å². The van der Waals surface area contributed by atoms with Crippen molar-refractivity contribution in [2.75, 3.05) is 13.7 Å². The predicted octanol–water partition coefficient (Wildman–Crippen LogP) is 4.17. The van der Waals surface area contributed by atoms with Gasteiger partial charge in [0.2, 0.25) is 0 Å². The zero-order chi connectivity index (χ0) is 13.4. The second-order valence-electron chi connectivity index (χ2n) is 4.57. The van der Waals surface area contributed by atoms with Gasteiger partial charge in [0, 0.05) is 6.04 Å². The first-order valence-electron chi connectivity index (χ1n) is 6.77. The minimum Gasteiger partial charge on any atom is -0.496 e. The van der Waals surface area contributed by atoms with E-state index in [9.17, 15) is 0 Å². The Morgan fingerprint density at radius 1 is 1.33 bits per heavy atom.